The molecule has 3 nitrogen and oxygen atoms in total. The normalized spacial score (nSPS) is 11.2. The fourth-order valence-electron chi connectivity index (χ4n) is 1.61. The van der Waals surface area contributed by atoms with Crippen LogP contribution in [0.15, 0.2) is 33.3 Å². The number of nitrogens with one attached hydrogen (secondary N) is 1. The Kier molecular flexibility index (Phi) is 4.19. The Bertz CT molecular complexity index is 534. The van der Waals surface area contributed by atoms with Crippen molar-refractivity contribution in [3.05, 3.63) is 40.3 Å². The minimum atomic E-state index is 0.426. The second-order valence-electron chi connectivity index (χ2n) is 4.62. The first-order valence-corrected chi connectivity index (χ1v) is 6.80. The molecule has 1 N–H and O–H groups in total. The minimum Gasteiger partial charge on any atom is -0.439 e. The third kappa shape index (κ3) is 3.21. The number of halogens is 1. The molecule has 1 aromatic carbocycles. The van der Waals surface area contributed by atoms with Crippen LogP contribution < -0.4 is 5.32 Å². The van der Waals surface area contributed by atoms with E-state index in [9.17, 15) is 0 Å². The molecule has 0 spiro atoms. The van der Waals surface area contributed by atoms with Crippen LogP contribution in [0.2, 0.25) is 0 Å². The van der Waals surface area contributed by atoms with Crippen LogP contribution in [0.1, 0.15) is 25.3 Å². The van der Waals surface area contributed by atoms with Crippen molar-refractivity contribution in [3.63, 3.8) is 0 Å². The van der Waals surface area contributed by atoms with Gasteiger partial charge in [-0.05, 0) is 24.6 Å². The van der Waals surface area contributed by atoms with Gasteiger partial charge in [0.1, 0.15) is 0 Å². The van der Waals surface area contributed by atoms with E-state index in [0.29, 0.717) is 12.6 Å². The molecule has 0 aliphatic rings. The van der Waals surface area contributed by atoms with Crippen molar-refractivity contribution in [2.45, 2.75) is 33.4 Å². The monoisotopic (exact) mass is 308 g/mol. The van der Waals surface area contributed by atoms with Crippen LogP contribution in [0, 0.1) is 6.92 Å². The van der Waals surface area contributed by atoms with Crippen LogP contribution >= 0.6 is 15.9 Å². The summed E-state index contributed by atoms with van der Waals surface area (Å²) in [5, 5.41) is 3.28. The van der Waals surface area contributed by atoms with Gasteiger partial charge in [0.2, 0.25) is 5.89 Å². The number of aromatic nitrogens is 1. The van der Waals surface area contributed by atoms with Gasteiger partial charge in [-0.25, -0.2) is 4.98 Å². The largest absolute Gasteiger partial charge is 0.439 e. The van der Waals surface area contributed by atoms with E-state index in [0.717, 1.165) is 21.7 Å². The SMILES string of the molecule is Cc1cc(-c2cnc(CNC(C)C)o2)ccc1Br. The number of rotatable bonds is 4. The van der Waals surface area contributed by atoms with E-state index < -0.39 is 0 Å². The molecule has 0 unspecified atom stereocenters. The summed E-state index contributed by atoms with van der Waals surface area (Å²) in [6.07, 6.45) is 1.78. The second kappa shape index (κ2) is 5.67. The van der Waals surface area contributed by atoms with Crippen LogP contribution in [0.4, 0.5) is 0 Å². The topological polar surface area (TPSA) is 38.1 Å². The van der Waals surface area contributed by atoms with Gasteiger partial charge in [-0.2, -0.15) is 0 Å². The van der Waals surface area contributed by atoms with Crippen molar-refractivity contribution in [2.24, 2.45) is 0 Å². The van der Waals surface area contributed by atoms with Crippen molar-refractivity contribution in [1.82, 2.24) is 10.3 Å². The zero-order valence-electron chi connectivity index (χ0n) is 10.8. The third-order valence-corrected chi connectivity index (χ3v) is 3.55. The molecule has 0 fully saturated rings. The molecular formula is C14H17BrN2O. The molecule has 0 aliphatic carbocycles. The maximum atomic E-state index is 5.73. The fourth-order valence-corrected chi connectivity index (χ4v) is 1.86. The molecule has 4 heteroatoms. The minimum absolute atomic E-state index is 0.426. The van der Waals surface area contributed by atoms with E-state index in [1.54, 1.807) is 6.20 Å². The summed E-state index contributed by atoms with van der Waals surface area (Å²) >= 11 is 3.49. The summed E-state index contributed by atoms with van der Waals surface area (Å²) < 4.78 is 6.83. The van der Waals surface area contributed by atoms with Gasteiger partial charge in [0.05, 0.1) is 12.7 Å². The van der Waals surface area contributed by atoms with E-state index in [1.807, 2.05) is 12.1 Å². The Morgan fingerprint density at radius 3 is 2.83 bits per heavy atom. The number of benzene rings is 1. The highest BCUT2D eigenvalue weighted by Crippen LogP contribution is 2.25. The van der Waals surface area contributed by atoms with Gasteiger partial charge in [0.25, 0.3) is 0 Å². The molecule has 0 bridgehead atoms. The van der Waals surface area contributed by atoms with Crippen molar-refractivity contribution >= 4 is 15.9 Å². The van der Waals surface area contributed by atoms with Crippen molar-refractivity contribution in [1.29, 1.82) is 0 Å². The summed E-state index contributed by atoms with van der Waals surface area (Å²) in [5.74, 6) is 1.53. The Hall–Kier alpha value is -1.13. The standard InChI is InChI=1S/C14H17BrN2O/c1-9(2)16-8-14-17-7-13(18-14)11-4-5-12(15)10(3)6-11/h4-7,9,16H,8H2,1-3H3. The van der Waals surface area contributed by atoms with Crippen LogP contribution in [0.25, 0.3) is 11.3 Å². The van der Waals surface area contributed by atoms with Gasteiger partial charge < -0.3 is 9.73 Å². The van der Waals surface area contributed by atoms with Gasteiger partial charge in [-0.1, -0.05) is 35.8 Å². The lowest BCUT2D eigenvalue weighted by molar-refractivity contribution is 0.459. The third-order valence-electron chi connectivity index (χ3n) is 2.66. The number of hydrogen-bond acceptors (Lipinski definition) is 3. The molecule has 0 radical (unpaired) electrons. The molecule has 96 valence electrons. The maximum absolute atomic E-state index is 5.73. The first-order valence-electron chi connectivity index (χ1n) is 6.01. The van der Waals surface area contributed by atoms with Crippen molar-refractivity contribution < 1.29 is 4.42 Å². The Balaban J connectivity index is 2.16. The highest BCUT2D eigenvalue weighted by Gasteiger charge is 2.07. The molecule has 2 aromatic rings. The summed E-state index contributed by atoms with van der Waals surface area (Å²) in [4.78, 5) is 4.28. The lowest BCUT2D eigenvalue weighted by atomic mass is 10.1. The van der Waals surface area contributed by atoms with Gasteiger partial charge in [0, 0.05) is 16.1 Å². The molecule has 0 aliphatic heterocycles. The number of nitrogens with zero attached hydrogens (tertiary/aromatic N) is 1. The van der Waals surface area contributed by atoms with Gasteiger partial charge in [-0.3, -0.25) is 0 Å². The van der Waals surface area contributed by atoms with E-state index in [2.05, 4.69) is 53.1 Å². The predicted octanol–water partition coefficient (Wildman–Crippen LogP) is 3.91. The first-order chi connectivity index (χ1) is 8.56. The molecule has 0 amide bonds. The molecule has 2 rings (SSSR count). The lowest BCUT2D eigenvalue weighted by Crippen LogP contribution is -2.21. The zero-order valence-corrected chi connectivity index (χ0v) is 12.4. The summed E-state index contributed by atoms with van der Waals surface area (Å²) in [6.45, 7) is 6.92. The smallest absolute Gasteiger partial charge is 0.208 e. The van der Waals surface area contributed by atoms with Crippen molar-refractivity contribution in [2.75, 3.05) is 0 Å². The molecule has 18 heavy (non-hydrogen) atoms. The zero-order chi connectivity index (χ0) is 13.1. The number of aryl methyl sites for hydroxylation is 1. The highest BCUT2D eigenvalue weighted by atomic mass is 79.9. The van der Waals surface area contributed by atoms with Gasteiger partial charge in [-0.15, -0.1) is 0 Å². The van der Waals surface area contributed by atoms with Gasteiger partial charge >= 0.3 is 0 Å². The number of hydrogen-bond donors (Lipinski definition) is 1. The average molecular weight is 309 g/mol. The Morgan fingerprint density at radius 2 is 2.17 bits per heavy atom. The molecular weight excluding hydrogens is 292 g/mol. The Morgan fingerprint density at radius 1 is 1.39 bits per heavy atom. The molecule has 0 saturated carbocycles. The van der Waals surface area contributed by atoms with E-state index in [4.69, 9.17) is 4.42 Å². The van der Waals surface area contributed by atoms with Crippen LogP contribution in [-0.2, 0) is 6.54 Å². The summed E-state index contributed by atoms with van der Waals surface area (Å²) in [5.41, 5.74) is 2.24. The van der Waals surface area contributed by atoms with E-state index in [-0.39, 0.29) is 0 Å². The maximum Gasteiger partial charge on any atom is 0.208 e. The summed E-state index contributed by atoms with van der Waals surface area (Å²) in [7, 11) is 0. The quantitative estimate of drug-likeness (QED) is 0.930. The average Bonchev–Trinajstić information content (AvgIpc) is 2.79. The van der Waals surface area contributed by atoms with E-state index >= 15 is 0 Å². The van der Waals surface area contributed by atoms with Crippen LogP contribution in [0.3, 0.4) is 0 Å². The molecule has 1 aromatic heterocycles. The Labute approximate surface area is 116 Å². The highest BCUT2D eigenvalue weighted by molar-refractivity contribution is 9.10. The van der Waals surface area contributed by atoms with Crippen LogP contribution in [0.5, 0.6) is 0 Å². The molecule has 0 atom stereocenters. The predicted molar refractivity (Wildman–Crippen MR) is 76.4 cm³/mol. The summed E-state index contributed by atoms with van der Waals surface area (Å²) in [6, 6.07) is 6.57. The van der Waals surface area contributed by atoms with E-state index in [1.165, 1.54) is 5.56 Å². The molecule has 1 heterocycles. The lowest BCUT2D eigenvalue weighted by Gasteiger charge is -2.04. The van der Waals surface area contributed by atoms with Gasteiger partial charge in [0.15, 0.2) is 5.76 Å². The van der Waals surface area contributed by atoms with Crippen molar-refractivity contribution in [3.8, 4) is 11.3 Å². The first kappa shape index (κ1) is 13.3. The fraction of sp³-hybridized carbons (Fsp3) is 0.357. The van der Waals surface area contributed by atoms with Crippen LogP contribution in [-0.4, -0.2) is 11.0 Å². The second-order valence-corrected chi connectivity index (χ2v) is 5.47. The molecule has 0 saturated heterocycles. The number of oxazole rings is 1.